The summed E-state index contributed by atoms with van der Waals surface area (Å²) < 4.78 is 0. The molecule has 0 amide bonds. The number of carboxylic acid groups (broad SMARTS) is 1. The van der Waals surface area contributed by atoms with Crippen LogP contribution < -0.4 is 0 Å². The molecule has 0 saturated heterocycles. The highest BCUT2D eigenvalue weighted by molar-refractivity contribution is 5.69. The predicted octanol–water partition coefficient (Wildman–Crippen LogP) is 11.7. The number of hydrogen-bond acceptors (Lipinski definition) is 1. The molecule has 36 heavy (non-hydrogen) atoms. The molecule has 216 valence electrons. The van der Waals surface area contributed by atoms with E-state index in [0.29, 0.717) is 11.8 Å². The lowest BCUT2D eigenvalue weighted by Crippen LogP contribution is -2.16. The van der Waals surface area contributed by atoms with Gasteiger partial charge < -0.3 is 5.11 Å². The third-order valence-electron chi connectivity index (χ3n) is 8.45. The first-order valence-corrected chi connectivity index (χ1v) is 16.4. The van der Waals surface area contributed by atoms with Gasteiger partial charge in [0.2, 0.25) is 0 Å². The molecular weight excluding hydrogens is 440 g/mol. The molecule has 0 radical (unpaired) electrons. The maximum Gasteiger partial charge on any atom is 0.306 e. The van der Waals surface area contributed by atoms with Gasteiger partial charge in [0.15, 0.2) is 0 Å². The zero-order chi connectivity index (χ0) is 27.2. The Hall–Kier alpha value is -0.530. The first-order chi connectivity index (χ1) is 17.1. The van der Waals surface area contributed by atoms with Crippen LogP contribution in [0.2, 0.25) is 0 Å². The smallest absolute Gasteiger partial charge is 0.306 e. The van der Waals surface area contributed by atoms with E-state index >= 15 is 0 Å². The van der Waals surface area contributed by atoms with Gasteiger partial charge >= 0.3 is 5.97 Å². The SMILES string of the molecule is CCCCCCCCCCCCCCCCC(C)CC(C)CC(C)CC(C)CC(C)CC(C)C(=O)O. The highest BCUT2D eigenvalue weighted by Crippen LogP contribution is 2.29. The van der Waals surface area contributed by atoms with Crippen molar-refractivity contribution < 1.29 is 9.90 Å². The molecule has 2 heteroatoms. The minimum atomic E-state index is -0.653. The molecule has 0 aromatic heterocycles. The molecule has 0 aliphatic carbocycles. The van der Waals surface area contributed by atoms with Gasteiger partial charge in [-0.05, 0) is 61.7 Å². The van der Waals surface area contributed by atoms with Gasteiger partial charge in [-0.25, -0.2) is 0 Å². The molecule has 0 saturated carbocycles. The number of hydrogen-bond donors (Lipinski definition) is 1. The highest BCUT2D eigenvalue weighted by atomic mass is 16.4. The molecule has 0 fully saturated rings. The van der Waals surface area contributed by atoms with Crippen LogP contribution in [0.1, 0.15) is 177 Å². The Labute approximate surface area is 228 Å². The fourth-order valence-corrected chi connectivity index (χ4v) is 6.64. The molecule has 0 aromatic carbocycles. The van der Waals surface area contributed by atoms with Crippen LogP contribution in [0.4, 0.5) is 0 Å². The average molecular weight is 509 g/mol. The summed E-state index contributed by atoms with van der Waals surface area (Å²) in [6.07, 6.45) is 27.6. The molecule has 6 unspecified atom stereocenters. The normalized spacial score (nSPS) is 16.9. The second kappa shape index (κ2) is 23.6. The van der Waals surface area contributed by atoms with Crippen molar-refractivity contribution in [3.63, 3.8) is 0 Å². The Morgan fingerprint density at radius 2 is 0.778 bits per heavy atom. The van der Waals surface area contributed by atoms with E-state index in [1.54, 1.807) is 0 Å². The monoisotopic (exact) mass is 509 g/mol. The second-order valence-corrected chi connectivity index (χ2v) is 13.3. The summed E-state index contributed by atoms with van der Waals surface area (Å²) in [4.78, 5) is 11.1. The first-order valence-electron chi connectivity index (χ1n) is 16.4. The molecule has 0 aliphatic heterocycles. The third-order valence-corrected chi connectivity index (χ3v) is 8.45. The van der Waals surface area contributed by atoms with Crippen LogP contribution in [-0.2, 0) is 4.79 Å². The third kappa shape index (κ3) is 22.7. The molecule has 0 aromatic rings. The van der Waals surface area contributed by atoms with Crippen LogP contribution in [0.5, 0.6) is 0 Å². The van der Waals surface area contributed by atoms with Crippen molar-refractivity contribution >= 4 is 5.97 Å². The topological polar surface area (TPSA) is 37.3 Å². The maximum absolute atomic E-state index is 11.1. The van der Waals surface area contributed by atoms with Crippen molar-refractivity contribution in [3.8, 4) is 0 Å². The Bertz CT molecular complexity index is 488. The van der Waals surface area contributed by atoms with Crippen molar-refractivity contribution in [2.75, 3.05) is 0 Å². The largest absolute Gasteiger partial charge is 0.481 e. The quantitative estimate of drug-likeness (QED) is 0.118. The van der Waals surface area contributed by atoms with Crippen molar-refractivity contribution in [2.45, 2.75) is 177 Å². The lowest BCUT2D eigenvalue weighted by atomic mass is 9.81. The van der Waals surface area contributed by atoms with Gasteiger partial charge in [0.25, 0.3) is 0 Å². The molecule has 0 rings (SSSR count). The molecule has 1 N–H and O–H groups in total. The summed E-state index contributed by atoms with van der Waals surface area (Å²) in [6, 6.07) is 0. The minimum Gasteiger partial charge on any atom is -0.481 e. The van der Waals surface area contributed by atoms with E-state index < -0.39 is 5.97 Å². The van der Waals surface area contributed by atoms with E-state index in [-0.39, 0.29) is 5.92 Å². The van der Waals surface area contributed by atoms with E-state index in [2.05, 4.69) is 41.5 Å². The number of rotatable bonds is 26. The average Bonchev–Trinajstić information content (AvgIpc) is 2.78. The van der Waals surface area contributed by atoms with E-state index in [9.17, 15) is 4.79 Å². The van der Waals surface area contributed by atoms with Gasteiger partial charge in [0, 0.05) is 0 Å². The molecule has 0 bridgehead atoms. The molecule has 6 atom stereocenters. The standard InChI is InChI=1S/C34H68O2/c1-8-9-10-11-12-13-14-15-16-17-18-19-20-21-22-28(2)23-29(3)24-30(4)25-31(5)26-32(6)27-33(7)34(35)36/h28-33H,8-27H2,1-7H3,(H,35,36). The maximum atomic E-state index is 11.1. The highest BCUT2D eigenvalue weighted by Gasteiger charge is 2.19. The summed E-state index contributed by atoms with van der Waals surface area (Å²) in [5.74, 6) is 2.77. The number of unbranched alkanes of at least 4 members (excludes halogenated alkanes) is 13. The van der Waals surface area contributed by atoms with E-state index in [1.165, 1.54) is 116 Å². The van der Waals surface area contributed by atoms with Crippen LogP contribution in [-0.4, -0.2) is 11.1 Å². The van der Waals surface area contributed by atoms with Gasteiger partial charge in [-0.2, -0.15) is 0 Å². The van der Waals surface area contributed by atoms with Gasteiger partial charge in [0.05, 0.1) is 5.92 Å². The summed E-state index contributed by atoms with van der Waals surface area (Å²) >= 11 is 0. The van der Waals surface area contributed by atoms with Gasteiger partial charge in [-0.15, -0.1) is 0 Å². The Morgan fingerprint density at radius 1 is 0.472 bits per heavy atom. The summed E-state index contributed by atoms with van der Waals surface area (Å²) in [6.45, 7) is 16.1. The lowest BCUT2D eigenvalue weighted by Gasteiger charge is -2.24. The summed E-state index contributed by atoms with van der Waals surface area (Å²) in [7, 11) is 0. The van der Waals surface area contributed by atoms with Crippen LogP contribution in [0.3, 0.4) is 0 Å². The molecule has 0 spiro atoms. The lowest BCUT2D eigenvalue weighted by molar-refractivity contribution is -0.141. The van der Waals surface area contributed by atoms with E-state index in [1.807, 2.05) is 6.92 Å². The molecular formula is C34H68O2. The van der Waals surface area contributed by atoms with Crippen LogP contribution in [0.15, 0.2) is 0 Å². The Morgan fingerprint density at radius 3 is 1.14 bits per heavy atom. The second-order valence-electron chi connectivity index (χ2n) is 13.3. The van der Waals surface area contributed by atoms with Crippen molar-refractivity contribution in [1.29, 1.82) is 0 Å². The molecule has 2 nitrogen and oxygen atoms in total. The van der Waals surface area contributed by atoms with Crippen LogP contribution in [0.25, 0.3) is 0 Å². The van der Waals surface area contributed by atoms with Crippen LogP contribution in [0, 0.1) is 35.5 Å². The number of carboxylic acids is 1. The van der Waals surface area contributed by atoms with Crippen molar-refractivity contribution in [1.82, 2.24) is 0 Å². The van der Waals surface area contributed by atoms with Gasteiger partial charge in [-0.1, -0.05) is 145 Å². The zero-order valence-corrected chi connectivity index (χ0v) is 26.0. The fraction of sp³-hybridized carbons (Fsp3) is 0.971. The molecule has 0 heterocycles. The molecule has 0 aliphatic rings. The fourth-order valence-electron chi connectivity index (χ4n) is 6.64. The van der Waals surface area contributed by atoms with Gasteiger partial charge in [0.1, 0.15) is 0 Å². The number of carbonyl (C=O) groups is 1. The van der Waals surface area contributed by atoms with Gasteiger partial charge in [-0.3, -0.25) is 4.79 Å². The van der Waals surface area contributed by atoms with E-state index in [0.717, 1.165) is 30.6 Å². The van der Waals surface area contributed by atoms with Crippen molar-refractivity contribution in [3.05, 3.63) is 0 Å². The predicted molar refractivity (Wildman–Crippen MR) is 161 cm³/mol. The summed E-state index contributed by atoms with van der Waals surface area (Å²) in [5.41, 5.74) is 0. The van der Waals surface area contributed by atoms with Crippen molar-refractivity contribution in [2.24, 2.45) is 35.5 Å². The Balaban J connectivity index is 3.68. The summed E-state index contributed by atoms with van der Waals surface area (Å²) in [5, 5.41) is 9.14. The number of aliphatic carboxylic acids is 1. The zero-order valence-electron chi connectivity index (χ0n) is 26.0. The minimum absolute atomic E-state index is 0.217. The van der Waals surface area contributed by atoms with Crippen LogP contribution >= 0.6 is 0 Å². The van der Waals surface area contributed by atoms with E-state index in [4.69, 9.17) is 5.11 Å². The first kappa shape index (κ1) is 35.5. The Kier molecular flexibility index (Phi) is 23.2.